The summed E-state index contributed by atoms with van der Waals surface area (Å²) >= 11 is 3.48. The number of fused-ring (bicyclic) bond motifs is 7. The van der Waals surface area contributed by atoms with Gasteiger partial charge in [0, 0.05) is 38.1 Å². The van der Waals surface area contributed by atoms with Crippen LogP contribution in [0.25, 0.3) is 30.3 Å². The molecule has 0 spiro atoms. The van der Waals surface area contributed by atoms with Crippen molar-refractivity contribution in [3.8, 4) is 34.0 Å². The normalized spacial score (nSPS) is 15.0. The molecule has 3 aliphatic carbocycles. The fourth-order valence-corrected chi connectivity index (χ4v) is 12.2. The lowest BCUT2D eigenvalue weighted by Gasteiger charge is -2.26. The molecule has 0 unspecified atom stereocenters. The minimum atomic E-state index is -2.26. The summed E-state index contributed by atoms with van der Waals surface area (Å²) in [7, 11) is 0. The van der Waals surface area contributed by atoms with Crippen molar-refractivity contribution < 1.29 is 28.7 Å². The van der Waals surface area contributed by atoms with Crippen LogP contribution in [0.2, 0.25) is 0 Å². The zero-order chi connectivity index (χ0) is 45.7. The summed E-state index contributed by atoms with van der Waals surface area (Å²) in [5.41, 5.74) is 0.258. The van der Waals surface area contributed by atoms with Crippen LogP contribution in [0.3, 0.4) is 0 Å². The van der Waals surface area contributed by atoms with E-state index in [4.69, 9.17) is 19.5 Å². The van der Waals surface area contributed by atoms with Crippen LogP contribution in [0.15, 0.2) is 142 Å². The summed E-state index contributed by atoms with van der Waals surface area (Å²) in [5.74, 6) is -2.85. The maximum atomic E-state index is 15.3. The monoisotopic (exact) mass is 912 g/mol. The van der Waals surface area contributed by atoms with Crippen molar-refractivity contribution in [1.29, 1.82) is 21.0 Å². The van der Waals surface area contributed by atoms with Gasteiger partial charge in [-0.25, -0.2) is 9.98 Å². The molecule has 66 heavy (non-hydrogen) atoms. The molecule has 3 heterocycles. The number of nitriles is 4. The standard InChI is InChI=1S/C51H24N6O6S3/c52-21-29(22-53)39-31-15-7-9-17-33(31)44(58)42(39)56-37-19-35-46(65-37)48-41(51(35,49(60)62-25-27-11-3-1-4-12-27)50(61)63-26-28-13-5-2-6-14-28)47-36(64-48)20-38(66-47)57-43-40(30(23-54)24-55)32-16-8-10-18-34(32)45(43)59/h1-20H,25-26H2. The number of Topliss-reactive ketones (excluding diaryl/α,β-unsaturated/α-hetero) is 2. The third-order valence-corrected chi connectivity index (χ3v) is 14.8. The predicted molar refractivity (Wildman–Crippen MR) is 248 cm³/mol. The molecule has 0 bridgehead atoms. The number of hydrogen-bond donors (Lipinski definition) is 0. The second kappa shape index (κ2) is 16.5. The number of benzene rings is 4. The molecule has 3 aromatic heterocycles. The van der Waals surface area contributed by atoms with Gasteiger partial charge in [0.1, 0.15) is 70.1 Å². The largest absolute Gasteiger partial charge is 0.459 e. The van der Waals surface area contributed by atoms with Gasteiger partial charge in [0.25, 0.3) is 0 Å². The first-order valence-electron chi connectivity index (χ1n) is 19.9. The Morgan fingerprint density at radius 3 is 1.45 bits per heavy atom. The van der Waals surface area contributed by atoms with E-state index in [1.807, 2.05) is 36.4 Å². The Hall–Kier alpha value is -8.70. The second-order valence-electron chi connectivity index (χ2n) is 14.9. The van der Waals surface area contributed by atoms with Gasteiger partial charge in [0.15, 0.2) is 0 Å². The molecule has 4 aromatic carbocycles. The number of carbonyl (C=O) groups is 4. The van der Waals surface area contributed by atoms with E-state index in [0.29, 0.717) is 52.0 Å². The first-order chi connectivity index (χ1) is 32.2. The van der Waals surface area contributed by atoms with Crippen LogP contribution < -0.4 is 0 Å². The molecular formula is C51H24N6O6S3. The highest BCUT2D eigenvalue weighted by Gasteiger charge is 2.61. The lowest BCUT2D eigenvalue weighted by Crippen LogP contribution is -2.45. The molecule has 0 saturated heterocycles. The minimum Gasteiger partial charge on any atom is -0.459 e. The summed E-state index contributed by atoms with van der Waals surface area (Å²) in [6.45, 7) is -0.393. The number of ketones is 2. The molecule has 0 N–H and O–H groups in total. The van der Waals surface area contributed by atoms with Gasteiger partial charge < -0.3 is 9.47 Å². The summed E-state index contributed by atoms with van der Waals surface area (Å²) in [6.07, 6.45) is 0. The number of nitrogens with zero attached hydrogens (tertiary/aromatic N) is 6. The zero-order valence-electron chi connectivity index (χ0n) is 33.8. The van der Waals surface area contributed by atoms with Gasteiger partial charge >= 0.3 is 11.9 Å². The van der Waals surface area contributed by atoms with E-state index in [-0.39, 0.29) is 68.6 Å². The van der Waals surface area contributed by atoms with Crippen molar-refractivity contribution in [1.82, 2.24) is 0 Å². The van der Waals surface area contributed by atoms with Crippen LogP contribution in [0.1, 0.15) is 54.1 Å². The maximum Gasteiger partial charge on any atom is 0.333 e. The number of allylic oxidation sites excluding steroid dienone is 4. The molecule has 0 amide bonds. The van der Waals surface area contributed by atoms with Gasteiger partial charge in [-0.05, 0) is 34.4 Å². The Labute approximate surface area is 386 Å². The van der Waals surface area contributed by atoms with E-state index >= 15 is 9.59 Å². The van der Waals surface area contributed by atoms with E-state index < -0.39 is 28.9 Å². The molecule has 12 nitrogen and oxygen atoms in total. The van der Waals surface area contributed by atoms with E-state index in [9.17, 15) is 30.6 Å². The van der Waals surface area contributed by atoms with Crippen LogP contribution in [-0.2, 0) is 37.7 Å². The molecule has 0 saturated carbocycles. The third kappa shape index (κ3) is 6.43. The van der Waals surface area contributed by atoms with Crippen molar-refractivity contribution in [2.45, 2.75) is 18.6 Å². The van der Waals surface area contributed by atoms with Gasteiger partial charge in [-0.3, -0.25) is 19.2 Å². The summed E-state index contributed by atoms with van der Waals surface area (Å²) < 4.78 is 13.3. The fourth-order valence-electron chi connectivity index (χ4n) is 8.37. The number of aliphatic imine (C=N–C) groups is 2. The van der Waals surface area contributed by atoms with Crippen LogP contribution in [0, 0.1) is 45.3 Å². The lowest BCUT2D eigenvalue weighted by atomic mass is 9.79. The molecule has 0 radical (unpaired) electrons. The molecule has 0 aliphatic heterocycles. The number of esters is 2. The number of rotatable bonds is 8. The molecule has 15 heteroatoms. The molecular weight excluding hydrogens is 889 g/mol. The van der Waals surface area contributed by atoms with Crippen LogP contribution in [0.5, 0.6) is 0 Å². The van der Waals surface area contributed by atoms with E-state index in [1.54, 1.807) is 103 Å². The third-order valence-electron chi connectivity index (χ3n) is 11.3. The summed E-state index contributed by atoms with van der Waals surface area (Å²) in [4.78, 5) is 68.8. The minimum absolute atomic E-state index is 0.0787. The van der Waals surface area contributed by atoms with Crippen molar-refractivity contribution >= 4 is 99.5 Å². The highest BCUT2D eigenvalue weighted by Crippen LogP contribution is 2.62. The van der Waals surface area contributed by atoms with Gasteiger partial charge in [-0.15, -0.1) is 34.0 Å². The molecule has 0 atom stereocenters. The average molecular weight is 913 g/mol. The summed E-state index contributed by atoms with van der Waals surface area (Å²) in [5, 5.41) is 40.2. The van der Waals surface area contributed by atoms with E-state index in [2.05, 4.69) is 0 Å². The summed E-state index contributed by atoms with van der Waals surface area (Å²) in [6, 6.07) is 42.0. The maximum absolute atomic E-state index is 15.3. The Kier molecular flexibility index (Phi) is 10.3. The quantitative estimate of drug-likeness (QED) is 0.0800. The lowest BCUT2D eigenvalue weighted by molar-refractivity contribution is -0.164. The average Bonchev–Trinajstić information content (AvgIpc) is 4.18. The molecule has 10 rings (SSSR count). The highest BCUT2D eigenvalue weighted by molar-refractivity contribution is 7.33. The van der Waals surface area contributed by atoms with Gasteiger partial charge in [0.2, 0.25) is 17.0 Å². The predicted octanol–water partition coefficient (Wildman–Crippen LogP) is 10.3. The van der Waals surface area contributed by atoms with Crippen molar-refractivity contribution in [3.05, 3.63) is 177 Å². The van der Waals surface area contributed by atoms with Crippen molar-refractivity contribution in [2.75, 3.05) is 0 Å². The smallest absolute Gasteiger partial charge is 0.333 e. The van der Waals surface area contributed by atoms with Gasteiger partial charge in [-0.2, -0.15) is 21.0 Å². The Morgan fingerprint density at radius 2 is 0.985 bits per heavy atom. The van der Waals surface area contributed by atoms with Crippen molar-refractivity contribution in [3.63, 3.8) is 0 Å². The Balaban J connectivity index is 1.18. The first-order valence-corrected chi connectivity index (χ1v) is 22.4. The van der Waals surface area contributed by atoms with E-state index in [1.165, 1.54) is 17.4 Å². The topological polar surface area (TPSA) is 207 Å². The Morgan fingerprint density at radius 1 is 0.545 bits per heavy atom. The first kappa shape index (κ1) is 41.3. The van der Waals surface area contributed by atoms with Crippen molar-refractivity contribution in [2.24, 2.45) is 9.98 Å². The molecule has 312 valence electrons. The highest BCUT2D eigenvalue weighted by atomic mass is 32.1. The number of hydrogen-bond acceptors (Lipinski definition) is 15. The fraction of sp³-hybridized carbons (Fsp3) is 0.0588. The van der Waals surface area contributed by atoms with Crippen LogP contribution in [-0.4, -0.2) is 34.9 Å². The molecule has 0 fully saturated rings. The number of ether oxygens (including phenoxy) is 2. The Bertz CT molecular complexity index is 3530. The molecule has 7 aromatic rings. The zero-order valence-corrected chi connectivity index (χ0v) is 36.3. The SMILES string of the molecule is N#CC(C#N)=C1C(=Nc2cc3c(s2)-c2sc4cc(N=C5C(=O)c6ccccc6C5=C(C#N)C#N)sc4c2C3(C(=O)OCc2ccccc2)C(=O)OCc2ccccc2)C(=O)c2ccccc21. The van der Waals surface area contributed by atoms with Crippen LogP contribution >= 0.6 is 34.0 Å². The number of thiophene rings is 3. The van der Waals surface area contributed by atoms with Gasteiger partial charge in [-0.1, -0.05) is 109 Å². The molecule has 3 aliphatic rings. The number of carbonyl (C=O) groups excluding carboxylic acids is 4. The van der Waals surface area contributed by atoms with Gasteiger partial charge in [0.05, 0.1) is 14.5 Å². The van der Waals surface area contributed by atoms with E-state index in [0.717, 1.165) is 22.7 Å². The second-order valence-corrected chi connectivity index (χ2v) is 18.0. The van der Waals surface area contributed by atoms with Crippen LogP contribution in [0.4, 0.5) is 10.0 Å².